The summed E-state index contributed by atoms with van der Waals surface area (Å²) in [4.78, 5) is 12.6. The first-order valence-electron chi connectivity index (χ1n) is 10.8. The van der Waals surface area contributed by atoms with Crippen molar-refractivity contribution in [2.75, 3.05) is 11.1 Å². The molecule has 1 heterocycles. The molecule has 0 fully saturated rings. The summed E-state index contributed by atoms with van der Waals surface area (Å²) in [6, 6.07) is 8.05. The molecule has 6 heteroatoms. The predicted octanol–water partition coefficient (Wildman–Crippen LogP) is 4.88. The van der Waals surface area contributed by atoms with Crippen LogP contribution in [0.1, 0.15) is 82.4 Å². The lowest BCUT2D eigenvalue weighted by atomic mass is 9.98. The van der Waals surface area contributed by atoms with Gasteiger partial charge in [0.25, 0.3) is 5.56 Å². The first-order valence-corrected chi connectivity index (χ1v) is 10.8. The Morgan fingerprint density at radius 3 is 2.48 bits per heavy atom. The lowest BCUT2D eigenvalue weighted by Gasteiger charge is -2.20. The Labute approximate surface area is 173 Å². The molecule has 0 saturated carbocycles. The van der Waals surface area contributed by atoms with Crippen LogP contribution in [-0.4, -0.2) is 22.0 Å². The van der Waals surface area contributed by atoms with Crippen molar-refractivity contribution in [1.29, 1.82) is 5.41 Å². The van der Waals surface area contributed by atoms with E-state index in [1.54, 1.807) is 0 Å². The fourth-order valence-corrected chi connectivity index (χ4v) is 3.53. The van der Waals surface area contributed by atoms with Gasteiger partial charge >= 0.3 is 0 Å². The van der Waals surface area contributed by atoms with Crippen molar-refractivity contribution in [2.24, 2.45) is 0 Å². The van der Waals surface area contributed by atoms with Crippen LogP contribution in [0, 0.1) is 5.41 Å². The maximum Gasteiger partial charge on any atom is 0.288 e. The normalized spacial score (nSPS) is 12.0. The predicted molar refractivity (Wildman–Crippen MR) is 122 cm³/mol. The van der Waals surface area contributed by atoms with Gasteiger partial charge in [-0.1, -0.05) is 77.1 Å². The van der Waals surface area contributed by atoms with Gasteiger partial charge in [-0.2, -0.15) is 5.10 Å². The fourth-order valence-electron chi connectivity index (χ4n) is 3.53. The molecule has 158 valence electrons. The minimum absolute atomic E-state index is 0.160. The summed E-state index contributed by atoms with van der Waals surface area (Å²) in [6.07, 6.45) is 8.69. The number of hydrogen-bond acceptors (Lipinski definition) is 5. The van der Waals surface area contributed by atoms with Crippen LogP contribution < -0.4 is 16.6 Å². The van der Waals surface area contributed by atoms with Crippen LogP contribution in [0.3, 0.4) is 0 Å². The molecule has 1 atom stereocenters. The minimum Gasteiger partial charge on any atom is -0.382 e. The highest BCUT2D eigenvalue weighted by atomic mass is 16.1. The maximum absolute atomic E-state index is 12.6. The van der Waals surface area contributed by atoms with Crippen LogP contribution in [0.25, 0.3) is 0 Å². The average molecular weight is 398 g/mol. The van der Waals surface area contributed by atoms with Crippen molar-refractivity contribution in [2.45, 2.75) is 78.2 Å². The molecular weight excluding hydrogens is 362 g/mol. The van der Waals surface area contributed by atoms with Crippen LogP contribution in [-0.2, 0) is 6.42 Å². The van der Waals surface area contributed by atoms with Gasteiger partial charge in [0.05, 0.1) is 11.3 Å². The fraction of sp³-hybridized carbons (Fsp3) is 0.522. The van der Waals surface area contributed by atoms with E-state index in [9.17, 15) is 4.79 Å². The van der Waals surface area contributed by atoms with Gasteiger partial charge in [0.15, 0.2) is 5.82 Å². The molecule has 0 spiro atoms. The van der Waals surface area contributed by atoms with Gasteiger partial charge in [-0.3, -0.25) is 10.2 Å². The van der Waals surface area contributed by atoms with E-state index in [-0.39, 0.29) is 23.1 Å². The Hall–Kier alpha value is -2.63. The van der Waals surface area contributed by atoms with Crippen LogP contribution in [0.2, 0.25) is 0 Å². The number of nitrogens with one attached hydrogen (secondary N) is 3. The van der Waals surface area contributed by atoms with Crippen LogP contribution in [0.5, 0.6) is 0 Å². The molecule has 1 unspecified atom stereocenters. The summed E-state index contributed by atoms with van der Waals surface area (Å²) in [5.41, 5.74) is 8.66. The molecule has 0 aliphatic carbocycles. The number of aromatic amines is 1. The number of nitrogen functional groups attached to an aromatic ring is 1. The molecule has 1 aromatic carbocycles. The van der Waals surface area contributed by atoms with Gasteiger partial charge in [0.2, 0.25) is 0 Å². The smallest absolute Gasteiger partial charge is 0.288 e. The summed E-state index contributed by atoms with van der Waals surface area (Å²) in [7, 11) is 0. The number of anilines is 2. The van der Waals surface area contributed by atoms with Crippen molar-refractivity contribution in [1.82, 2.24) is 10.2 Å². The Morgan fingerprint density at radius 2 is 1.86 bits per heavy atom. The number of H-pyrrole nitrogens is 1. The highest BCUT2D eigenvalue weighted by molar-refractivity contribution is 6.16. The van der Waals surface area contributed by atoms with Crippen molar-refractivity contribution in [3.05, 3.63) is 51.3 Å². The van der Waals surface area contributed by atoms with Crippen molar-refractivity contribution >= 4 is 17.2 Å². The number of rotatable bonds is 12. The lowest BCUT2D eigenvalue weighted by Crippen LogP contribution is -2.28. The van der Waals surface area contributed by atoms with E-state index in [1.165, 1.54) is 24.8 Å². The zero-order valence-corrected chi connectivity index (χ0v) is 18.0. The van der Waals surface area contributed by atoms with Crippen LogP contribution >= 0.6 is 0 Å². The Balaban J connectivity index is 2.28. The van der Waals surface area contributed by atoms with Crippen molar-refractivity contribution < 1.29 is 0 Å². The first kappa shape index (κ1) is 22.7. The SMILES string of the molecule is CCCCCCC(CC)Nc1c(C(=N)c2ccc(CCC)cc2)c(N)n[nH]c1=O. The number of aromatic nitrogens is 2. The number of aryl methyl sites for hydroxylation is 1. The number of benzene rings is 1. The van der Waals surface area contributed by atoms with E-state index in [4.69, 9.17) is 11.1 Å². The largest absolute Gasteiger partial charge is 0.382 e. The lowest BCUT2D eigenvalue weighted by molar-refractivity contribution is 0.560. The second-order valence-corrected chi connectivity index (χ2v) is 7.61. The van der Waals surface area contributed by atoms with E-state index < -0.39 is 0 Å². The third-order valence-corrected chi connectivity index (χ3v) is 5.29. The maximum atomic E-state index is 12.6. The third kappa shape index (κ3) is 6.17. The number of nitrogens with two attached hydrogens (primary N) is 1. The Kier molecular flexibility index (Phi) is 8.90. The molecule has 1 aromatic heterocycles. The topological polar surface area (TPSA) is 108 Å². The molecular formula is C23H35N5O. The van der Waals surface area contributed by atoms with E-state index in [0.29, 0.717) is 11.3 Å². The summed E-state index contributed by atoms with van der Waals surface area (Å²) in [6.45, 7) is 6.44. The van der Waals surface area contributed by atoms with Gasteiger partial charge in [0, 0.05) is 11.6 Å². The van der Waals surface area contributed by atoms with Crippen molar-refractivity contribution in [3.63, 3.8) is 0 Å². The second kappa shape index (κ2) is 11.4. The third-order valence-electron chi connectivity index (χ3n) is 5.29. The Morgan fingerprint density at radius 1 is 1.14 bits per heavy atom. The first-order chi connectivity index (χ1) is 14.0. The molecule has 0 aliphatic heterocycles. The number of nitrogens with zero attached hydrogens (tertiary/aromatic N) is 1. The average Bonchev–Trinajstić information content (AvgIpc) is 2.73. The standard InChI is InChI=1S/C23H35N5O/c1-4-7-8-9-11-18(6-3)26-21-19(22(25)27-28-23(21)29)20(24)17-14-12-16(10-5-2)13-15-17/h12-15,18,24H,4-11H2,1-3H3,(H,28,29)(H3,25,26,27). The van der Waals surface area contributed by atoms with Gasteiger partial charge in [-0.25, -0.2) is 5.10 Å². The summed E-state index contributed by atoms with van der Waals surface area (Å²) in [5, 5.41) is 18.4. The van der Waals surface area contributed by atoms with E-state index >= 15 is 0 Å². The molecule has 0 radical (unpaired) electrons. The summed E-state index contributed by atoms with van der Waals surface area (Å²) >= 11 is 0. The van der Waals surface area contributed by atoms with Crippen LogP contribution in [0.4, 0.5) is 11.5 Å². The molecule has 6 nitrogen and oxygen atoms in total. The van der Waals surface area contributed by atoms with E-state index in [1.807, 2.05) is 24.3 Å². The quantitative estimate of drug-likeness (QED) is 0.302. The van der Waals surface area contributed by atoms with E-state index in [0.717, 1.165) is 37.7 Å². The second-order valence-electron chi connectivity index (χ2n) is 7.61. The molecule has 29 heavy (non-hydrogen) atoms. The minimum atomic E-state index is -0.339. The molecule has 0 amide bonds. The summed E-state index contributed by atoms with van der Waals surface area (Å²) in [5.74, 6) is 0.163. The Bertz CT molecular complexity index is 841. The molecule has 2 aromatic rings. The van der Waals surface area contributed by atoms with Crippen LogP contribution in [0.15, 0.2) is 29.1 Å². The number of unbranched alkanes of at least 4 members (excludes halogenated alkanes) is 3. The highest BCUT2D eigenvalue weighted by Crippen LogP contribution is 2.23. The monoisotopic (exact) mass is 397 g/mol. The zero-order chi connectivity index (χ0) is 21.2. The molecule has 5 N–H and O–H groups in total. The summed E-state index contributed by atoms with van der Waals surface area (Å²) < 4.78 is 0. The van der Waals surface area contributed by atoms with Gasteiger partial charge in [-0.05, 0) is 24.8 Å². The van der Waals surface area contributed by atoms with Crippen molar-refractivity contribution in [3.8, 4) is 0 Å². The van der Waals surface area contributed by atoms with Gasteiger partial charge < -0.3 is 11.1 Å². The number of hydrogen-bond donors (Lipinski definition) is 4. The molecule has 0 bridgehead atoms. The highest BCUT2D eigenvalue weighted by Gasteiger charge is 2.20. The van der Waals surface area contributed by atoms with E-state index in [2.05, 4.69) is 36.3 Å². The zero-order valence-electron chi connectivity index (χ0n) is 18.0. The van der Waals surface area contributed by atoms with Gasteiger partial charge in [0.1, 0.15) is 5.69 Å². The van der Waals surface area contributed by atoms with Gasteiger partial charge in [-0.15, -0.1) is 0 Å². The molecule has 2 rings (SSSR count). The molecule has 0 aliphatic rings. The molecule has 0 saturated heterocycles.